The van der Waals surface area contributed by atoms with E-state index in [9.17, 15) is 17.6 Å². The van der Waals surface area contributed by atoms with Gasteiger partial charge in [-0.3, -0.25) is 4.79 Å². The number of fused-ring (bicyclic) bond motifs is 1. The number of benzene rings is 1. The summed E-state index contributed by atoms with van der Waals surface area (Å²) in [6.07, 6.45) is 0. The first-order valence-electron chi connectivity index (χ1n) is 7.44. The molecule has 1 aromatic carbocycles. The van der Waals surface area contributed by atoms with Crippen molar-refractivity contribution in [2.45, 2.75) is 5.37 Å². The minimum atomic E-state index is -2.96. The van der Waals surface area contributed by atoms with Crippen LogP contribution >= 0.6 is 23.4 Å². The summed E-state index contributed by atoms with van der Waals surface area (Å²) in [4.78, 5) is 14.5. The van der Waals surface area contributed by atoms with Crippen LogP contribution in [0.1, 0.15) is 10.9 Å². The van der Waals surface area contributed by atoms with Crippen molar-refractivity contribution in [2.75, 3.05) is 23.8 Å². The van der Waals surface area contributed by atoms with E-state index >= 15 is 0 Å². The first kappa shape index (κ1) is 15.7. The highest BCUT2D eigenvalue weighted by Crippen LogP contribution is 2.55. The minimum Gasteiger partial charge on any atom is -0.325 e. The second-order valence-corrected chi connectivity index (χ2v) is 10.2. The maximum Gasteiger partial charge on any atom is 0.227 e. The van der Waals surface area contributed by atoms with Gasteiger partial charge in [-0.25, -0.2) is 12.8 Å². The fourth-order valence-corrected chi connectivity index (χ4v) is 7.49. The van der Waals surface area contributed by atoms with Gasteiger partial charge in [-0.05, 0) is 35.6 Å². The van der Waals surface area contributed by atoms with Crippen LogP contribution in [0.15, 0.2) is 18.2 Å². The van der Waals surface area contributed by atoms with Crippen molar-refractivity contribution in [2.24, 2.45) is 17.8 Å². The number of thioether (sulfide) groups is 1. The number of carbonyl (C=O) groups excluding carboxylic acids is 1. The third-order valence-electron chi connectivity index (χ3n) is 4.85. The molecule has 1 aliphatic carbocycles. The number of carbonyl (C=O) groups is 1. The topological polar surface area (TPSA) is 54.5 Å². The summed E-state index contributed by atoms with van der Waals surface area (Å²) >= 11 is 7.50. The van der Waals surface area contributed by atoms with E-state index in [2.05, 4.69) is 0 Å². The van der Waals surface area contributed by atoms with E-state index < -0.39 is 15.7 Å². The molecule has 0 aromatic heterocycles. The van der Waals surface area contributed by atoms with Gasteiger partial charge in [0.05, 0.1) is 11.5 Å². The molecule has 0 radical (unpaired) electrons. The van der Waals surface area contributed by atoms with Crippen molar-refractivity contribution in [1.29, 1.82) is 0 Å². The van der Waals surface area contributed by atoms with Gasteiger partial charge in [0.2, 0.25) is 5.91 Å². The third-order valence-corrected chi connectivity index (χ3v) is 8.12. The van der Waals surface area contributed by atoms with Crippen molar-refractivity contribution >= 4 is 39.1 Å². The first-order chi connectivity index (χ1) is 10.9. The molecule has 8 heteroatoms. The third kappa shape index (κ3) is 2.76. The fraction of sp³-hybridized carbons (Fsp3) is 0.533. The normalized spacial score (nSPS) is 34.4. The number of rotatable bonds is 2. The van der Waals surface area contributed by atoms with Gasteiger partial charge < -0.3 is 4.90 Å². The quantitative estimate of drug-likeness (QED) is 0.796. The highest BCUT2D eigenvalue weighted by molar-refractivity contribution is 7.99. The maximum absolute atomic E-state index is 13.6. The van der Waals surface area contributed by atoms with Gasteiger partial charge in [0.25, 0.3) is 0 Å². The lowest BCUT2D eigenvalue weighted by Crippen LogP contribution is -2.34. The van der Waals surface area contributed by atoms with Crippen molar-refractivity contribution in [3.63, 3.8) is 0 Å². The largest absolute Gasteiger partial charge is 0.325 e. The summed E-state index contributed by atoms with van der Waals surface area (Å²) in [6.45, 7) is 0.602. The van der Waals surface area contributed by atoms with E-state index in [4.69, 9.17) is 11.6 Å². The van der Waals surface area contributed by atoms with Gasteiger partial charge in [0, 0.05) is 23.2 Å². The average molecular weight is 376 g/mol. The van der Waals surface area contributed by atoms with E-state index in [1.165, 1.54) is 12.1 Å². The molecule has 4 nitrogen and oxygen atoms in total. The van der Waals surface area contributed by atoms with E-state index in [1.807, 2.05) is 0 Å². The fourth-order valence-electron chi connectivity index (χ4n) is 3.80. The van der Waals surface area contributed by atoms with Crippen LogP contribution in [-0.2, 0) is 14.6 Å². The Kier molecular flexibility index (Phi) is 3.66. The first-order valence-corrected chi connectivity index (χ1v) is 10.7. The van der Waals surface area contributed by atoms with Crippen LogP contribution in [-0.4, -0.2) is 43.0 Å². The summed E-state index contributed by atoms with van der Waals surface area (Å²) in [5.74, 6) is 0.419. The molecule has 1 amide bonds. The van der Waals surface area contributed by atoms with Crippen molar-refractivity contribution in [3.8, 4) is 0 Å². The summed E-state index contributed by atoms with van der Waals surface area (Å²) < 4.78 is 36.7. The molecule has 2 heterocycles. The molecular weight excluding hydrogens is 361 g/mol. The lowest BCUT2D eigenvalue weighted by molar-refractivity contribution is -0.133. The number of hydrogen-bond acceptors (Lipinski definition) is 4. The molecule has 3 fully saturated rings. The molecule has 4 rings (SSSR count). The Balaban J connectivity index is 1.54. The zero-order valence-corrected chi connectivity index (χ0v) is 14.5. The molecule has 0 bridgehead atoms. The van der Waals surface area contributed by atoms with Crippen LogP contribution < -0.4 is 0 Å². The van der Waals surface area contributed by atoms with E-state index in [1.54, 1.807) is 22.7 Å². The van der Waals surface area contributed by atoms with Crippen LogP contribution in [0.3, 0.4) is 0 Å². The SMILES string of the molecule is O=C(C1C2CS(=O)(=O)CC21)N1CCSC1c1cc(F)cc(Cl)c1. The Morgan fingerprint density at radius 2 is 1.96 bits per heavy atom. The second kappa shape index (κ2) is 5.36. The zero-order chi connectivity index (χ0) is 16.4. The van der Waals surface area contributed by atoms with E-state index in [0.717, 1.165) is 5.75 Å². The van der Waals surface area contributed by atoms with Crippen LogP contribution in [0.25, 0.3) is 0 Å². The number of halogens is 2. The molecule has 3 aliphatic rings. The molecule has 124 valence electrons. The Morgan fingerprint density at radius 3 is 2.61 bits per heavy atom. The lowest BCUT2D eigenvalue weighted by atomic mass is 10.2. The number of sulfone groups is 1. The number of hydrogen-bond donors (Lipinski definition) is 0. The molecule has 1 aromatic rings. The molecule has 0 N–H and O–H groups in total. The highest BCUT2D eigenvalue weighted by atomic mass is 35.5. The Hall–Kier alpha value is -0.790. The summed E-state index contributed by atoms with van der Waals surface area (Å²) in [5, 5.41) is 0.0721. The predicted octanol–water partition coefficient (Wildman–Crippen LogP) is 2.34. The van der Waals surface area contributed by atoms with Crippen LogP contribution in [0.2, 0.25) is 5.02 Å². The van der Waals surface area contributed by atoms with Crippen LogP contribution in [0.4, 0.5) is 4.39 Å². The van der Waals surface area contributed by atoms with Gasteiger partial charge in [-0.15, -0.1) is 11.8 Å². The molecule has 0 spiro atoms. The molecule has 1 saturated carbocycles. The summed E-state index contributed by atoms with van der Waals surface area (Å²) in [6, 6.07) is 4.34. The lowest BCUT2D eigenvalue weighted by Gasteiger charge is -2.25. The van der Waals surface area contributed by atoms with E-state index in [-0.39, 0.29) is 40.5 Å². The highest BCUT2D eigenvalue weighted by Gasteiger charge is 2.63. The average Bonchev–Trinajstić information content (AvgIpc) is 2.85. The van der Waals surface area contributed by atoms with E-state index in [0.29, 0.717) is 17.1 Å². The second-order valence-electron chi connectivity index (χ2n) is 6.39. The standard InChI is InChI=1S/C15H15ClFNO3S2/c16-9-3-8(4-10(17)5-9)15-18(1-2-22-15)14(19)13-11-6-23(20,21)7-12(11)13/h3-5,11-13,15H,1-2,6-7H2. The summed E-state index contributed by atoms with van der Waals surface area (Å²) in [5.41, 5.74) is 0.685. The number of nitrogens with zero attached hydrogens (tertiary/aromatic N) is 1. The van der Waals surface area contributed by atoms with Gasteiger partial charge in [0.15, 0.2) is 9.84 Å². The van der Waals surface area contributed by atoms with Gasteiger partial charge in [-0.2, -0.15) is 0 Å². The Morgan fingerprint density at radius 1 is 1.26 bits per heavy atom. The van der Waals surface area contributed by atoms with Crippen LogP contribution in [0, 0.1) is 23.6 Å². The number of amides is 1. The smallest absolute Gasteiger partial charge is 0.227 e. The minimum absolute atomic E-state index is 0.00489. The predicted molar refractivity (Wildman–Crippen MR) is 87.4 cm³/mol. The molecule has 2 saturated heterocycles. The zero-order valence-electron chi connectivity index (χ0n) is 12.1. The van der Waals surface area contributed by atoms with Gasteiger partial charge in [0.1, 0.15) is 11.2 Å². The van der Waals surface area contributed by atoms with Crippen molar-refractivity contribution in [1.82, 2.24) is 4.90 Å². The molecule has 3 atom stereocenters. The maximum atomic E-state index is 13.6. The van der Waals surface area contributed by atoms with Crippen LogP contribution in [0.5, 0.6) is 0 Å². The molecular formula is C15H15ClFNO3S2. The van der Waals surface area contributed by atoms with Crippen molar-refractivity contribution in [3.05, 3.63) is 34.6 Å². The molecule has 2 aliphatic heterocycles. The monoisotopic (exact) mass is 375 g/mol. The van der Waals surface area contributed by atoms with Gasteiger partial charge in [-0.1, -0.05) is 11.6 Å². The van der Waals surface area contributed by atoms with Crippen molar-refractivity contribution < 1.29 is 17.6 Å². The molecule has 3 unspecified atom stereocenters. The Labute approximate surface area is 143 Å². The molecule has 23 heavy (non-hydrogen) atoms. The Bertz CT molecular complexity index is 747. The van der Waals surface area contributed by atoms with Gasteiger partial charge >= 0.3 is 0 Å². The summed E-state index contributed by atoms with van der Waals surface area (Å²) in [7, 11) is -2.96.